The summed E-state index contributed by atoms with van der Waals surface area (Å²) < 4.78 is 2.57. The average molecular weight is 458 g/mol. The minimum Gasteiger partial charge on any atom is -0.319 e. The summed E-state index contributed by atoms with van der Waals surface area (Å²) in [6.45, 7) is 2.54. The molecule has 1 unspecified atom stereocenters. The van der Waals surface area contributed by atoms with Gasteiger partial charge < -0.3 is 4.57 Å². The monoisotopic (exact) mass is 457 g/mol. The summed E-state index contributed by atoms with van der Waals surface area (Å²) in [6, 6.07) is 13.5. The maximum absolute atomic E-state index is 5.08. The van der Waals surface area contributed by atoms with Gasteiger partial charge in [-0.15, -0.1) is 0 Å². The van der Waals surface area contributed by atoms with E-state index in [1.54, 1.807) is 0 Å². The highest BCUT2D eigenvalue weighted by Crippen LogP contribution is 2.49. The van der Waals surface area contributed by atoms with Crippen LogP contribution in [0.3, 0.4) is 0 Å². The normalized spacial score (nSPS) is 36.4. The standard InChI is InChI=1S/C29H39N5/c1-19-10-11-22-17-24(18-28(19)33(22)23-15-20-6-2-3-7-21(14-20)16-23)34-27-9-5-4-8-25(27)31-29(34)26-12-13-30-32-26/h4-5,8-9,12-13,19-24,28H,2-3,6-7,10-11,14-18H2,1H3,(H,30,32)/t19-,20-,21+,22+,23?,24-,28+/m1/s1. The van der Waals surface area contributed by atoms with Crippen molar-refractivity contribution in [2.45, 2.75) is 102 Å². The van der Waals surface area contributed by atoms with E-state index in [0.29, 0.717) is 12.1 Å². The molecule has 1 N–H and O–H groups in total. The van der Waals surface area contributed by atoms with Crippen LogP contribution in [0.2, 0.25) is 0 Å². The van der Waals surface area contributed by atoms with E-state index in [-0.39, 0.29) is 0 Å². The van der Waals surface area contributed by atoms with Crippen LogP contribution in [0.25, 0.3) is 22.6 Å². The van der Waals surface area contributed by atoms with Gasteiger partial charge in [0.15, 0.2) is 5.82 Å². The molecule has 4 heterocycles. The zero-order valence-electron chi connectivity index (χ0n) is 20.6. The van der Waals surface area contributed by atoms with Crippen LogP contribution in [0, 0.1) is 17.8 Å². The van der Waals surface area contributed by atoms with Gasteiger partial charge in [-0.25, -0.2) is 4.98 Å². The van der Waals surface area contributed by atoms with Crippen LogP contribution in [0.4, 0.5) is 0 Å². The molecule has 1 aromatic carbocycles. The first kappa shape index (κ1) is 21.2. The van der Waals surface area contributed by atoms with Crippen LogP contribution >= 0.6 is 0 Å². The minimum absolute atomic E-state index is 0.505. The Balaban J connectivity index is 1.24. The van der Waals surface area contributed by atoms with E-state index in [1.807, 2.05) is 6.20 Å². The summed E-state index contributed by atoms with van der Waals surface area (Å²) in [5.74, 6) is 3.83. The smallest absolute Gasteiger partial charge is 0.159 e. The fraction of sp³-hybridized carbons (Fsp3) is 0.655. The first-order chi connectivity index (χ1) is 16.7. The highest BCUT2D eigenvalue weighted by molar-refractivity contribution is 5.80. The Hall–Kier alpha value is -2.14. The SMILES string of the molecule is C[C@@H]1CC[C@H]2C[C@@H](n3c(-c4ccn[nH]4)nc4ccccc43)C[C@@H]1N2C1C[C@H]2CCCC[C@@H](C1)C2. The average Bonchev–Trinajstić information content (AvgIpc) is 3.48. The molecule has 4 aliphatic rings. The molecule has 2 aromatic heterocycles. The molecule has 4 bridgehead atoms. The van der Waals surface area contributed by atoms with Gasteiger partial charge in [0.2, 0.25) is 0 Å². The molecular formula is C29H39N5. The van der Waals surface area contributed by atoms with Crippen LogP contribution in [0.1, 0.15) is 83.6 Å². The lowest BCUT2D eigenvalue weighted by atomic mass is 9.71. The van der Waals surface area contributed by atoms with Gasteiger partial charge >= 0.3 is 0 Å². The van der Waals surface area contributed by atoms with Gasteiger partial charge in [-0.2, -0.15) is 5.10 Å². The number of hydrogen-bond acceptors (Lipinski definition) is 3. The van der Waals surface area contributed by atoms with E-state index < -0.39 is 0 Å². The molecule has 2 saturated carbocycles. The van der Waals surface area contributed by atoms with Crippen LogP contribution in [-0.4, -0.2) is 42.8 Å². The van der Waals surface area contributed by atoms with Gasteiger partial charge in [0.25, 0.3) is 0 Å². The van der Waals surface area contributed by atoms with Crippen LogP contribution < -0.4 is 0 Å². The zero-order chi connectivity index (χ0) is 22.6. The number of H-pyrrole nitrogens is 1. The number of piperidine rings is 2. The van der Waals surface area contributed by atoms with Crippen molar-refractivity contribution in [3.8, 4) is 11.5 Å². The lowest BCUT2D eigenvalue weighted by Gasteiger charge is -2.56. The summed E-state index contributed by atoms with van der Waals surface area (Å²) in [5, 5.41) is 7.44. The Morgan fingerprint density at radius 3 is 2.44 bits per heavy atom. The Morgan fingerprint density at radius 2 is 1.65 bits per heavy atom. The number of nitrogens with zero attached hydrogens (tertiary/aromatic N) is 4. The van der Waals surface area contributed by atoms with Crippen LogP contribution in [0.15, 0.2) is 36.5 Å². The Morgan fingerprint density at radius 1 is 0.824 bits per heavy atom. The summed E-state index contributed by atoms with van der Waals surface area (Å²) in [4.78, 5) is 8.17. The number of rotatable bonds is 3. The first-order valence-electron chi connectivity index (χ1n) is 14.0. The Bertz CT molecular complexity index is 1120. The lowest BCUT2D eigenvalue weighted by molar-refractivity contribution is -0.0637. The number of hydrogen-bond donors (Lipinski definition) is 1. The largest absolute Gasteiger partial charge is 0.319 e. The third-order valence-electron chi connectivity index (χ3n) is 9.95. The highest BCUT2D eigenvalue weighted by Gasteiger charge is 2.47. The number of para-hydroxylation sites is 2. The zero-order valence-corrected chi connectivity index (χ0v) is 20.6. The lowest BCUT2D eigenvalue weighted by Crippen LogP contribution is -2.60. The molecule has 5 nitrogen and oxygen atoms in total. The molecule has 3 aromatic rings. The second-order valence-electron chi connectivity index (χ2n) is 12.0. The van der Waals surface area contributed by atoms with Crippen molar-refractivity contribution in [3.05, 3.63) is 36.5 Å². The topological polar surface area (TPSA) is 49.7 Å². The molecule has 4 fully saturated rings. The number of imidazole rings is 1. The number of fused-ring (bicyclic) bond motifs is 5. The van der Waals surface area contributed by atoms with E-state index in [0.717, 1.165) is 46.9 Å². The van der Waals surface area contributed by atoms with Gasteiger partial charge in [-0.1, -0.05) is 44.7 Å². The van der Waals surface area contributed by atoms with E-state index in [1.165, 1.54) is 76.1 Å². The van der Waals surface area contributed by atoms with Crippen molar-refractivity contribution in [2.75, 3.05) is 0 Å². The van der Waals surface area contributed by atoms with Crippen molar-refractivity contribution in [3.63, 3.8) is 0 Å². The second-order valence-corrected chi connectivity index (χ2v) is 12.0. The quantitative estimate of drug-likeness (QED) is 0.483. The molecular weight excluding hydrogens is 418 g/mol. The Kier molecular flexibility index (Phi) is 5.30. The van der Waals surface area contributed by atoms with Crippen LogP contribution in [-0.2, 0) is 0 Å². The maximum atomic E-state index is 5.08. The molecule has 2 saturated heterocycles. The van der Waals surface area contributed by atoms with Crippen molar-refractivity contribution in [2.24, 2.45) is 17.8 Å². The van der Waals surface area contributed by atoms with Crippen LogP contribution in [0.5, 0.6) is 0 Å². The number of aromatic nitrogens is 4. The summed E-state index contributed by atoms with van der Waals surface area (Å²) in [7, 11) is 0. The van der Waals surface area contributed by atoms with E-state index >= 15 is 0 Å². The van der Waals surface area contributed by atoms with Gasteiger partial charge in [-0.3, -0.25) is 10.00 Å². The second kappa shape index (κ2) is 8.51. The number of benzene rings is 1. The third-order valence-corrected chi connectivity index (χ3v) is 9.95. The van der Waals surface area contributed by atoms with E-state index in [2.05, 4.69) is 56.9 Å². The predicted molar refractivity (Wildman–Crippen MR) is 136 cm³/mol. The molecule has 5 heteroatoms. The highest BCUT2D eigenvalue weighted by atomic mass is 15.3. The molecule has 180 valence electrons. The molecule has 7 atom stereocenters. The van der Waals surface area contributed by atoms with Gasteiger partial charge in [0, 0.05) is 30.4 Å². The van der Waals surface area contributed by atoms with Gasteiger partial charge in [0.1, 0.15) is 5.69 Å². The van der Waals surface area contributed by atoms with Crippen molar-refractivity contribution < 1.29 is 0 Å². The van der Waals surface area contributed by atoms with Gasteiger partial charge in [0.05, 0.1) is 11.0 Å². The van der Waals surface area contributed by atoms with Crippen molar-refractivity contribution >= 4 is 11.0 Å². The number of nitrogens with one attached hydrogen (secondary N) is 1. The molecule has 2 aliphatic heterocycles. The van der Waals surface area contributed by atoms with Crippen molar-refractivity contribution in [1.82, 2.24) is 24.6 Å². The minimum atomic E-state index is 0.505. The molecule has 0 amide bonds. The maximum Gasteiger partial charge on any atom is 0.159 e. The summed E-state index contributed by atoms with van der Waals surface area (Å²) in [5.41, 5.74) is 3.41. The molecule has 2 aliphatic carbocycles. The summed E-state index contributed by atoms with van der Waals surface area (Å²) in [6.07, 6.45) is 17.5. The number of aromatic amines is 1. The Labute approximate surface area is 203 Å². The first-order valence-corrected chi connectivity index (χ1v) is 14.0. The fourth-order valence-corrected chi connectivity index (χ4v) is 8.52. The molecule has 0 radical (unpaired) electrons. The third kappa shape index (κ3) is 3.54. The van der Waals surface area contributed by atoms with Crippen molar-refractivity contribution in [1.29, 1.82) is 0 Å². The molecule has 0 spiro atoms. The predicted octanol–water partition coefficient (Wildman–Crippen LogP) is 6.59. The van der Waals surface area contributed by atoms with E-state index in [9.17, 15) is 0 Å². The van der Waals surface area contributed by atoms with E-state index in [4.69, 9.17) is 4.98 Å². The molecule has 7 rings (SSSR count). The fourth-order valence-electron chi connectivity index (χ4n) is 8.52. The molecule has 34 heavy (non-hydrogen) atoms. The summed E-state index contributed by atoms with van der Waals surface area (Å²) >= 11 is 0. The van der Waals surface area contributed by atoms with Gasteiger partial charge in [-0.05, 0) is 80.9 Å².